The first kappa shape index (κ1) is 23.9. The average molecular weight is 467 g/mol. The van der Waals surface area contributed by atoms with Gasteiger partial charge in [-0.15, -0.1) is 0 Å². The van der Waals surface area contributed by atoms with Gasteiger partial charge in [0.2, 0.25) is 5.88 Å². The van der Waals surface area contributed by atoms with Crippen LogP contribution < -0.4 is 15.9 Å². The molecule has 0 fully saturated rings. The zero-order chi connectivity index (χ0) is 24.8. The van der Waals surface area contributed by atoms with E-state index in [0.717, 1.165) is 25.1 Å². The van der Waals surface area contributed by atoms with E-state index in [4.69, 9.17) is 10.5 Å². The summed E-state index contributed by atoms with van der Waals surface area (Å²) in [6.07, 6.45) is -4.87. The van der Waals surface area contributed by atoms with Gasteiger partial charge in [0.1, 0.15) is 11.3 Å². The first-order valence-corrected chi connectivity index (χ1v) is 9.49. The molecule has 1 aromatic carbocycles. The summed E-state index contributed by atoms with van der Waals surface area (Å²) < 4.78 is 73.6. The fraction of sp³-hybridized carbons (Fsp3) is 0.227. The number of aromatic amines is 1. The number of aromatic nitrogens is 2. The molecular formula is C22H18F5N3O3. The maximum absolute atomic E-state index is 14.0. The Bertz CT molecular complexity index is 1350. The molecule has 0 radical (unpaired) electrons. The Hall–Kier alpha value is -3.76. The topological polar surface area (TPSA) is 98.1 Å². The summed E-state index contributed by atoms with van der Waals surface area (Å²) >= 11 is 0. The minimum atomic E-state index is -4.87. The number of amides is 1. The molecule has 0 atom stereocenters. The number of nitrogens with one attached hydrogen (secondary N) is 1. The van der Waals surface area contributed by atoms with Gasteiger partial charge in [-0.2, -0.15) is 13.2 Å². The summed E-state index contributed by atoms with van der Waals surface area (Å²) in [7, 11) is 0. The third-order valence-electron chi connectivity index (χ3n) is 5.15. The molecule has 0 saturated heterocycles. The zero-order valence-corrected chi connectivity index (χ0v) is 17.9. The maximum atomic E-state index is 14.0. The van der Waals surface area contributed by atoms with Crippen LogP contribution in [0.25, 0.3) is 11.3 Å². The second-order valence-corrected chi connectivity index (χ2v) is 7.41. The van der Waals surface area contributed by atoms with E-state index in [1.807, 2.05) is 0 Å². The number of primary amides is 1. The second kappa shape index (κ2) is 8.30. The summed E-state index contributed by atoms with van der Waals surface area (Å²) in [5, 5.41) is 0. The lowest BCUT2D eigenvalue weighted by Gasteiger charge is -2.18. The SMILES string of the molecule is Cc1cc(-c2[nH]c(C)c(C)c(=O)c2C(N)=O)c(Oc2ccc(F)c(F)c2C)nc1C(F)(F)F. The van der Waals surface area contributed by atoms with Gasteiger partial charge < -0.3 is 15.5 Å². The van der Waals surface area contributed by atoms with E-state index >= 15 is 0 Å². The predicted octanol–water partition coefficient (Wildman–Crippen LogP) is 4.86. The molecule has 0 aliphatic rings. The number of benzene rings is 1. The van der Waals surface area contributed by atoms with Crippen LogP contribution in [0.3, 0.4) is 0 Å². The first-order valence-electron chi connectivity index (χ1n) is 9.49. The molecule has 0 bridgehead atoms. The van der Waals surface area contributed by atoms with Gasteiger partial charge in [0.05, 0.1) is 11.3 Å². The number of rotatable bonds is 4. The number of hydrogen-bond donors (Lipinski definition) is 2. The number of nitrogens with two attached hydrogens (primary N) is 1. The number of aryl methyl sites for hydroxylation is 2. The molecule has 6 nitrogen and oxygen atoms in total. The van der Waals surface area contributed by atoms with Crippen LogP contribution >= 0.6 is 0 Å². The van der Waals surface area contributed by atoms with Crippen LogP contribution in [0.1, 0.15) is 38.4 Å². The Balaban J connectivity index is 2.39. The van der Waals surface area contributed by atoms with Gasteiger partial charge in [0.15, 0.2) is 22.8 Å². The molecule has 0 unspecified atom stereocenters. The maximum Gasteiger partial charge on any atom is 0.433 e. The van der Waals surface area contributed by atoms with Crippen LogP contribution in [0.2, 0.25) is 0 Å². The molecule has 33 heavy (non-hydrogen) atoms. The highest BCUT2D eigenvalue weighted by Gasteiger charge is 2.36. The van der Waals surface area contributed by atoms with Gasteiger partial charge in [-0.25, -0.2) is 13.8 Å². The van der Waals surface area contributed by atoms with Gasteiger partial charge >= 0.3 is 6.18 Å². The van der Waals surface area contributed by atoms with Crippen molar-refractivity contribution in [1.82, 2.24) is 9.97 Å². The van der Waals surface area contributed by atoms with Crippen molar-refractivity contribution in [3.63, 3.8) is 0 Å². The molecule has 11 heteroatoms. The Labute approximate surface area is 184 Å². The highest BCUT2D eigenvalue weighted by atomic mass is 19.4. The van der Waals surface area contributed by atoms with E-state index in [-0.39, 0.29) is 33.7 Å². The van der Waals surface area contributed by atoms with Gasteiger partial charge in [-0.1, -0.05) is 0 Å². The van der Waals surface area contributed by atoms with Crippen molar-refractivity contribution in [3.05, 3.63) is 73.7 Å². The number of carbonyl (C=O) groups excluding carboxylic acids is 1. The molecule has 2 heterocycles. The summed E-state index contributed by atoms with van der Waals surface area (Å²) in [5.74, 6) is -4.56. The van der Waals surface area contributed by atoms with E-state index in [2.05, 4.69) is 9.97 Å². The Morgan fingerprint density at radius 1 is 1.09 bits per heavy atom. The fourth-order valence-corrected chi connectivity index (χ4v) is 3.24. The molecule has 1 amide bonds. The quantitative estimate of drug-likeness (QED) is 0.536. The van der Waals surface area contributed by atoms with Gasteiger partial charge in [-0.3, -0.25) is 9.59 Å². The van der Waals surface area contributed by atoms with E-state index in [9.17, 15) is 31.5 Å². The monoisotopic (exact) mass is 467 g/mol. The lowest BCUT2D eigenvalue weighted by atomic mass is 10.0. The van der Waals surface area contributed by atoms with Crippen molar-refractivity contribution in [2.24, 2.45) is 5.73 Å². The largest absolute Gasteiger partial charge is 0.438 e. The fourth-order valence-electron chi connectivity index (χ4n) is 3.24. The molecule has 174 valence electrons. The Kier molecular flexibility index (Phi) is 6.01. The molecular weight excluding hydrogens is 449 g/mol. The number of alkyl halides is 3. The van der Waals surface area contributed by atoms with Crippen molar-refractivity contribution in [1.29, 1.82) is 0 Å². The number of ether oxygens (including phenoxy) is 1. The average Bonchev–Trinajstić information content (AvgIpc) is 2.71. The van der Waals surface area contributed by atoms with Crippen molar-refractivity contribution in [3.8, 4) is 22.9 Å². The molecule has 2 aromatic heterocycles. The molecule has 0 aliphatic carbocycles. The summed E-state index contributed by atoms with van der Waals surface area (Å²) in [4.78, 5) is 31.1. The van der Waals surface area contributed by atoms with Gasteiger partial charge in [0, 0.05) is 16.8 Å². The summed E-state index contributed by atoms with van der Waals surface area (Å²) in [6.45, 7) is 5.27. The Morgan fingerprint density at radius 3 is 2.30 bits per heavy atom. The molecule has 3 aromatic rings. The van der Waals surface area contributed by atoms with Crippen LogP contribution in [0.4, 0.5) is 22.0 Å². The van der Waals surface area contributed by atoms with E-state index in [1.165, 1.54) is 20.8 Å². The normalized spacial score (nSPS) is 11.5. The van der Waals surface area contributed by atoms with E-state index in [1.54, 1.807) is 0 Å². The lowest BCUT2D eigenvalue weighted by molar-refractivity contribution is -0.141. The second-order valence-electron chi connectivity index (χ2n) is 7.41. The number of carbonyl (C=O) groups is 1. The first-order chi connectivity index (χ1) is 15.2. The smallest absolute Gasteiger partial charge is 0.433 e. The molecule has 0 aliphatic heterocycles. The third-order valence-corrected chi connectivity index (χ3v) is 5.15. The highest BCUT2D eigenvalue weighted by Crippen LogP contribution is 2.39. The van der Waals surface area contributed by atoms with Crippen LogP contribution in [0, 0.1) is 39.3 Å². The van der Waals surface area contributed by atoms with E-state index in [0.29, 0.717) is 5.69 Å². The lowest BCUT2D eigenvalue weighted by Crippen LogP contribution is -2.26. The predicted molar refractivity (Wildman–Crippen MR) is 109 cm³/mol. The van der Waals surface area contributed by atoms with E-state index < -0.39 is 46.3 Å². The van der Waals surface area contributed by atoms with Gasteiger partial charge in [0.25, 0.3) is 5.91 Å². The van der Waals surface area contributed by atoms with Crippen molar-refractivity contribution in [2.45, 2.75) is 33.9 Å². The molecule has 0 saturated carbocycles. The number of nitrogens with zero attached hydrogens (tertiary/aromatic N) is 1. The number of pyridine rings is 2. The Morgan fingerprint density at radius 2 is 1.73 bits per heavy atom. The van der Waals surface area contributed by atoms with Crippen LogP contribution in [-0.4, -0.2) is 15.9 Å². The zero-order valence-electron chi connectivity index (χ0n) is 17.9. The molecule has 3 N–H and O–H groups in total. The van der Waals surface area contributed by atoms with Crippen molar-refractivity contribution < 1.29 is 31.5 Å². The number of hydrogen-bond acceptors (Lipinski definition) is 4. The summed E-state index contributed by atoms with van der Waals surface area (Å²) in [6, 6.07) is 2.78. The molecule has 0 spiro atoms. The van der Waals surface area contributed by atoms with Crippen LogP contribution in [0.15, 0.2) is 23.0 Å². The molecule has 3 rings (SSSR count). The van der Waals surface area contributed by atoms with Crippen molar-refractivity contribution >= 4 is 5.91 Å². The number of halogens is 5. The van der Waals surface area contributed by atoms with Crippen LogP contribution in [0.5, 0.6) is 11.6 Å². The van der Waals surface area contributed by atoms with Gasteiger partial charge in [-0.05, 0) is 51.5 Å². The van der Waals surface area contributed by atoms with Crippen LogP contribution in [-0.2, 0) is 6.18 Å². The summed E-state index contributed by atoms with van der Waals surface area (Å²) in [5.41, 5.74) is 2.30. The minimum absolute atomic E-state index is 0.183. The highest BCUT2D eigenvalue weighted by molar-refractivity contribution is 5.99. The van der Waals surface area contributed by atoms with Crippen molar-refractivity contribution in [2.75, 3.05) is 0 Å². The third kappa shape index (κ3) is 4.30. The minimum Gasteiger partial charge on any atom is -0.438 e. The number of H-pyrrole nitrogens is 1. The standard InChI is InChI=1S/C22H18F5N3O3/c1-8-7-12(17-15(20(28)32)18(31)9(2)11(4)29-17)21(30-19(8)22(25,26)27)33-14-6-5-13(23)16(24)10(14)3/h5-7H,1-4H3,(H2,28,32)(H,29,31).